The molecule has 33 heavy (non-hydrogen) atoms. The number of hydrogen-bond donors (Lipinski definition) is 0. The Morgan fingerprint density at radius 2 is 1.64 bits per heavy atom. The zero-order valence-corrected chi connectivity index (χ0v) is 19.8. The molecule has 0 atom stereocenters. The van der Waals surface area contributed by atoms with E-state index in [2.05, 4.69) is 30.3 Å². The fourth-order valence-corrected chi connectivity index (χ4v) is 5.01. The van der Waals surface area contributed by atoms with E-state index in [1.807, 2.05) is 42.5 Å². The third kappa shape index (κ3) is 4.81. The van der Waals surface area contributed by atoms with E-state index < -0.39 is 0 Å². The minimum absolute atomic E-state index is 0.135. The molecular weight excluding hydrogens is 470 g/mol. The first-order valence-electron chi connectivity index (χ1n) is 10.3. The first-order chi connectivity index (χ1) is 16.1. The highest BCUT2D eigenvalue weighted by Gasteiger charge is 2.33. The Labute approximate surface area is 206 Å². The molecule has 1 saturated heterocycles. The standard InChI is InChI=1S/C27H18ClNO2S2/c28-22-9-11-23(12-10-22)29-26(30)25(33-27(29)32)16-18-6-13-24(14-7-18)31-17-19-5-8-20-3-1-2-4-21(20)15-19/h1-16H,17H2/b25-16+. The van der Waals surface area contributed by atoms with Gasteiger partial charge in [0, 0.05) is 5.02 Å². The lowest BCUT2D eigenvalue weighted by Gasteiger charge is -2.14. The average molecular weight is 488 g/mol. The topological polar surface area (TPSA) is 29.5 Å². The molecule has 0 bridgehead atoms. The summed E-state index contributed by atoms with van der Waals surface area (Å²) in [6.07, 6.45) is 1.85. The van der Waals surface area contributed by atoms with Crippen molar-refractivity contribution in [3.8, 4) is 5.75 Å². The van der Waals surface area contributed by atoms with Gasteiger partial charge in [-0.1, -0.05) is 84.1 Å². The monoisotopic (exact) mass is 487 g/mol. The number of rotatable bonds is 5. The highest BCUT2D eigenvalue weighted by Crippen LogP contribution is 2.36. The van der Waals surface area contributed by atoms with Crippen LogP contribution in [0, 0.1) is 0 Å². The lowest BCUT2D eigenvalue weighted by molar-refractivity contribution is -0.113. The number of amides is 1. The van der Waals surface area contributed by atoms with Crippen molar-refractivity contribution in [3.63, 3.8) is 0 Å². The molecule has 1 amide bonds. The number of halogens is 1. The minimum Gasteiger partial charge on any atom is -0.489 e. The number of thioether (sulfide) groups is 1. The van der Waals surface area contributed by atoms with Crippen molar-refractivity contribution in [1.82, 2.24) is 0 Å². The van der Waals surface area contributed by atoms with Crippen LogP contribution in [0.3, 0.4) is 0 Å². The molecule has 0 aromatic heterocycles. The maximum atomic E-state index is 12.9. The molecule has 0 saturated carbocycles. The van der Waals surface area contributed by atoms with Gasteiger partial charge in [0.1, 0.15) is 12.4 Å². The van der Waals surface area contributed by atoms with E-state index in [0.717, 1.165) is 16.9 Å². The van der Waals surface area contributed by atoms with Crippen molar-refractivity contribution in [1.29, 1.82) is 0 Å². The molecule has 0 N–H and O–H groups in total. The average Bonchev–Trinajstić information content (AvgIpc) is 3.11. The third-order valence-corrected chi connectivity index (χ3v) is 6.83. The van der Waals surface area contributed by atoms with E-state index in [4.69, 9.17) is 28.6 Å². The predicted molar refractivity (Wildman–Crippen MR) is 142 cm³/mol. The SMILES string of the molecule is O=C1/C(=C\c2ccc(OCc3ccc4ccccc4c3)cc2)SC(=S)N1c1ccc(Cl)cc1. The summed E-state index contributed by atoms with van der Waals surface area (Å²) >= 11 is 12.7. The number of carbonyl (C=O) groups is 1. The van der Waals surface area contributed by atoms with Crippen LogP contribution in [0.4, 0.5) is 5.69 Å². The zero-order chi connectivity index (χ0) is 22.8. The van der Waals surface area contributed by atoms with Gasteiger partial charge >= 0.3 is 0 Å². The van der Waals surface area contributed by atoms with Gasteiger partial charge in [0.25, 0.3) is 5.91 Å². The predicted octanol–water partition coefficient (Wildman–Crippen LogP) is 7.48. The molecule has 162 valence electrons. The summed E-state index contributed by atoms with van der Waals surface area (Å²) < 4.78 is 6.46. The van der Waals surface area contributed by atoms with Gasteiger partial charge in [-0.15, -0.1) is 0 Å². The molecule has 4 aromatic carbocycles. The number of anilines is 1. The summed E-state index contributed by atoms with van der Waals surface area (Å²) in [6, 6.07) is 29.4. The van der Waals surface area contributed by atoms with Gasteiger partial charge in [-0.3, -0.25) is 9.69 Å². The van der Waals surface area contributed by atoms with Crippen molar-refractivity contribution in [2.45, 2.75) is 6.61 Å². The van der Waals surface area contributed by atoms with Crippen molar-refractivity contribution in [3.05, 3.63) is 112 Å². The molecule has 0 radical (unpaired) electrons. The number of carbonyl (C=O) groups excluding carboxylic acids is 1. The van der Waals surface area contributed by atoms with Crippen LogP contribution >= 0.6 is 35.6 Å². The Morgan fingerprint density at radius 1 is 0.909 bits per heavy atom. The Kier molecular flexibility index (Phi) is 6.18. The van der Waals surface area contributed by atoms with Crippen LogP contribution in [-0.2, 0) is 11.4 Å². The third-order valence-electron chi connectivity index (χ3n) is 5.28. The summed E-state index contributed by atoms with van der Waals surface area (Å²) in [7, 11) is 0. The number of nitrogens with zero attached hydrogens (tertiary/aromatic N) is 1. The van der Waals surface area contributed by atoms with Crippen molar-refractivity contribution in [2.75, 3.05) is 4.90 Å². The lowest BCUT2D eigenvalue weighted by atomic mass is 10.1. The van der Waals surface area contributed by atoms with E-state index in [1.54, 1.807) is 24.3 Å². The molecule has 1 fully saturated rings. The number of ether oxygens (including phenoxy) is 1. The van der Waals surface area contributed by atoms with Crippen LogP contribution in [-0.4, -0.2) is 10.2 Å². The fourth-order valence-electron chi connectivity index (χ4n) is 3.59. The summed E-state index contributed by atoms with van der Waals surface area (Å²) in [6.45, 7) is 0.490. The van der Waals surface area contributed by atoms with Crippen LogP contribution in [0.5, 0.6) is 5.75 Å². The van der Waals surface area contributed by atoms with Crippen molar-refractivity contribution >= 4 is 68.3 Å². The van der Waals surface area contributed by atoms with Gasteiger partial charge in [-0.25, -0.2) is 0 Å². The van der Waals surface area contributed by atoms with Gasteiger partial charge in [0.05, 0.1) is 10.6 Å². The second-order valence-corrected chi connectivity index (χ2v) is 9.64. The summed E-state index contributed by atoms with van der Waals surface area (Å²) in [5, 5.41) is 3.03. The molecule has 1 aliphatic rings. The smallest absolute Gasteiger partial charge is 0.270 e. The highest BCUT2D eigenvalue weighted by atomic mass is 35.5. The van der Waals surface area contributed by atoms with Gasteiger partial charge < -0.3 is 4.74 Å². The van der Waals surface area contributed by atoms with E-state index in [1.165, 1.54) is 27.4 Å². The Hall–Kier alpha value is -3.12. The van der Waals surface area contributed by atoms with E-state index in [-0.39, 0.29) is 5.91 Å². The quantitative estimate of drug-likeness (QED) is 0.215. The zero-order valence-electron chi connectivity index (χ0n) is 17.4. The van der Waals surface area contributed by atoms with Gasteiger partial charge in [0.15, 0.2) is 4.32 Å². The second-order valence-electron chi connectivity index (χ2n) is 7.53. The fraction of sp³-hybridized carbons (Fsp3) is 0.0370. The Bertz CT molecular complexity index is 1380. The van der Waals surface area contributed by atoms with Crippen LogP contribution in [0.2, 0.25) is 5.02 Å². The van der Waals surface area contributed by atoms with E-state index in [0.29, 0.717) is 26.5 Å². The minimum atomic E-state index is -0.135. The maximum Gasteiger partial charge on any atom is 0.270 e. The molecule has 1 heterocycles. The molecule has 6 heteroatoms. The Morgan fingerprint density at radius 3 is 2.39 bits per heavy atom. The molecule has 4 aromatic rings. The molecular formula is C27H18ClNO2S2. The summed E-state index contributed by atoms with van der Waals surface area (Å²) in [5.74, 6) is 0.637. The van der Waals surface area contributed by atoms with Crippen LogP contribution in [0.25, 0.3) is 16.8 Å². The first kappa shape index (κ1) is 21.7. The van der Waals surface area contributed by atoms with Crippen molar-refractivity contribution in [2.24, 2.45) is 0 Å². The van der Waals surface area contributed by atoms with Gasteiger partial charge in [-0.2, -0.15) is 0 Å². The second kappa shape index (κ2) is 9.40. The van der Waals surface area contributed by atoms with Crippen LogP contribution in [0.15, 0.2) is 95.9 Å². The van der Waals surface area contributed by atoms with Gasteiger partial charge in [-0.05, 0) is 70.4 Å². The van der Waals surface area contributed by atoms with Crippen LogP contribution < -0.4 is 9.64 Å². The number of thiocarbonyl (C=S) groups is 1. The molecule has 0 aliphatic carbocycles. The highest BCUT2D eigenvalue weighted by molar-refractivity contribution is 8.27. The molecule has 0 unspecified atom stereocenters. The number of hydrogen-bond acceptors (Lipinski definition) is 4. The summed E-state index contributed by atoms with van der Waals surface area (Å²) in [4.78, 5) is 15.0. The maximum absolute atomic E-state index is 12.9. The largest absolute Gasteiger partial charge is 0.489 e. The molecule has 0 spiro atoms. The first-order valence-corrected chi connectivity index (χ1v) is 11.9. The number of benzene rings is 4. The number of fused-ring (bicyclic) bond motifs is 1. The van der Waals surface area contributed by atoms with Crippen molar-refractivity contribution < 1.29 is 9.53 Å². The summed E-state index contributed by atoms with van der Waals surface area (Å²) in [5.41, 5.74) is 2.73. The van der Waals surface area contributed by atoms with Gasteiger partial charge in [0.2, 0.25) is 0 Å². The Balaban J connectivity index is 1.26. The van der Waals surface area contributed by atoms with E-state index >= 15 is 0 Å². The molecule has 5 rings (SSSR count). The van der Waals surface area contributed by atoms with Crippen LogP contribution in [0.1, 0.15) is 11.1 Å². The normalized spacial score (nSPS) is 14.9. The lowest BCUT2D eigenvalue weighted by Crippen LogP contribution is -2.27. The van der Waals surface area contributed by atoms with E-state index in [9.17, 15) is 4.79 Å². The molecule has 3 nitrogen and oxygen atoms in total. The molecule has 1 aliphatic heterocycles.